The molecule has 8 rings (SSSR count). The molecule has 2 saturated heterocycles. The van der Waals surface area contributed by atoms with Crippen LogP contribution in [0.15, 0.2) is 54.2 Å². The van der Waals surface area contributed by atoms with E-state index in [4.69, 9.17) is 14.2 Å². The van der Waals surface area contributed by atoms with Gasteiger partial charge in [-0.2, -0.15) is 0 Å². The van der Waals surface area contributed by atoms with Crippen LogP contribution in [-0.4, -0.2) is 37.2 Å². The van der Waals surface area contributed by atoms with Gasteiger partial charge in [0.05, 0.1) is 19.3 Å². The van der Waals surface area contributed by atoms with Crippen LogP contribution in [0.2, 0.25) is 0 Å². The Hall–Kier alpha value is -3.31. The summed E-state index contributed by atoms with van der Waals surface area (Å²) in [4.78, 5) is 4.08. The van der Waals surface area contributed by atoms with E-state index in [1.54, 1.807) is 22.3 Å². The highest BCUT2D eigenvalue weighted by Gasteiger charge is 2.19. The number of hydrogen-bond acceptors (Lipinski definition) is 4. The molecule has 4 aromatic rings. The summed E-state index contributed by atoms with van der Waals surface area (Å²) >= 11 is 0. The molecule has 0 spiro atoms. The Morgan fingerprint density at radius 1 is 0.525 bits per heavy atom. The third-order valence-corrected chi connectivity index (χ3v) is 13.2. The van der Waals surface area contributed by atoms with Crippen molar-refractivity contribution < 1.29 is 14.2 Å². The van der Waals surface area contributed by atoms with Gasteiger partial charge < -0.3 is 14.2 Å². The molecule has 0 amide bonds. The van der Waals surface area contributed by atoms with E-state index in [0.717, 1.165) is 43.3 Å². The topological polar surface area (TPSA) is 40.6 Å². The number of benzene rings is 3. The van der Waals surface area contributed by atoms with Gasteiger partial charge in [-0.3, -0.25) is 4.98 Å². The first-order valence-electron chi connectivity index (χ1n) is 23.7. The SMILES string of the molecule is CC1=CCC(C)CC1.CC1CCC(C)OC1.CC1COC(C)OC1.Cc1cc(C)c2c(C)c(C)c(C)cc2c1.Cc1cc2c(c(C)c1C)CCC(C)C2.Cc1ccc(C)nc1. The number of rotatable bonds is 0. The number of aryl methyl sites for hydroxylation is 7. The summed E-state index contributed by atoms with van der Waals surface area (Å²) in [6, 6.07) is 13.3. The molecule has 0 saturated carbocycles. The molecule has 0 radical (unpaired) electrons. The van der Waals surface area contributed by atoms with Gasteiger partial charge in [0.2, 0.25) is 0 Å². The fourth-order valence-electron chi connectivity index (χ4n) is 8.42. The third-order valence-electron chi connectivity index (χ3n) is 13.2. The fourth-order valence-corrected chi connectivity index (χ4v) is 8.42. The van der Waals surface area contributed by atoms with Gasteiger partial charge in [0, 0.05) is 24.4 Å². The van der Waals surface area contributed by atoms with Crippen LogP contribution in [0.3, 0.4) is 0 Å². The molecule has 1 aromatic heterocycles. The summed E-state index contributed by atoms with van der Waals surface area (Å²) in [5, 5.41) is 2.82. The molecule has 61 heavy (non-hydrogen) atoms. The maximum absolute atomic E-state index is 5.39. The number of hydrogen-bond donors (Lipinski definition) is 0. The number of ether oxygens (including phenoxy) is 3. The van der Waals surface area contributed by atoms with Crippen molar-refractivity contribution in [2.75, 3.05) is 19.8 Å². The first-order chi connectivity index (χ1) is 28.7. The second-order valence-corrected chi connectivity index (χ2v) is 19.6. The molecule has 4 unspecified atom stereocenters. The zero-order valence-corrected chi connectivity index (χ0v) is 42.0. The summed E-state index contributed by atoms with van der Waals surface area (Å²) in [5.74, 6) is 3.19. The third kappa shape index (κ3) is 17.8. The maximum atomic E-state index is 5.39. The van der Waals surface area contributed by atoms with Crippen molar-refractivity contribution in [1.29, 1.82) is 0 Å². The van der Waals surface area contributed by atoms with Crippen LogP contribution >= 0.6 is 0 Å². The van der Waals surface area contributed by atoms with Crippen LogP contribution in [0.1, 0.15) is 154 Å². The van der Waals surface area contributed by atoms with Gasteiger partial charge in [0.25, 0.3) is 0 Å². The molecule has 4 atom stereocenters. The average molecular weight is 834 g/mol. The fraction of sp³-hybridized carbons (Fsp3) is 0.596. The Labute approximate surface area is 374 Å². The molecule has 4 aliphatic rings. The van der Waals surface area contributed by atoms with Crippen LogP contribution < -0.4 is 0 Å². The Balaban J connectivity index is 0.000000200. The molecule has 0 N–H and O–H groups in total. The molecule has 0 bridgehead atoms. The Kier molecular flexibility index (Phi) is 21.9. The van der Waals surface area contributed by atoms with Crippen molar-refractivity contribution in [1.82, 2.24) is 4.98 Å². The van der Waals surface area contributed by atoms with E-state index in [0.29, 0.717) is 12.0 Å². The normalized spacial score (nSPS) is 23.0. The van der Waals surface area contributed by atoms with E-state index >= 15 is 0 Å². The summed E-state index contributed by atoms with van der Waals surface area (Å²) in [6.45, 7) is 39.8. The monoisotopic (exact) mass is 834 g/mol. The van der Waals surface area contributed by atoms with Gasteiger partial charge in [-0.25, -0.2) is 0 Å². The molecule has 2 fully saturated rings. The van der Waals surface area contributed by atoms with Crippen molar-refractivity contribution in [2.45, 2.75) is 181 Å². The molecule has 2 aliphatic heterocycles. The van der Waals surface area contributed by atoms with E-state index in [2.05, 4.69) is 138 Å². The Morgan fingerprint density at radius 3 is 1.67 bits per heavy atom. The quantitative estimate of drug-likeness (QED) is 0.166. The lowest BCUT2D eigenvalue weighted by Crippen LogP contribution is -2.27. The number of allylic oxidation sites excluding steroid dienone is 2. The van der Waals surface area contributed by atoms with Gasteiger partial charge in [-0.1, -0.05) is 75.2 Å². The average Bonchev–Trinajstić information content (AvgIpc) is 3.21. The summed E-state index contributed by atoms with van der Waals surface area (Å²) in [6.07, 6.45) is 15.4. The lowest BCUT2D eigenvalue weighted by atomic mass is 9.80. The lowest BCUT2D eigenvalue weighted by molar-refractivity contribution is -0.187. The van der Waals surface area contributed by atoms with Gasteiger partial charge in [-0.05, 0) is 232 Å². The molecule has 338 valence electrons. The van der Waals surface area contributed by atoms with Crippen LogP contribution in [0.25, 0.3) is 10.8 Å². The molecule has 3 heterocycles. The highest BCUT2D eigenvalue weighted by molar-refractivity contribution is 5.91. The summed E-state index contributed by atoms with van der Waals surface area (Å²) in [7, 11) is 0. The Morgan fingerprint density at radius 2 is 1.15 bits per heavy atom. The molecule has 4 heteroatoms. The van der Waals surface area contributed by atoms with Crippen molar-refractivity contribution in [3.63, 3.8) is 0 Å². The van der Waals surface area contributed by atoms with E-state index < -0.39 is 0 Å². The largest absolute Gasteiger partial charge is 0.378 e. The van der Waals surface area contributed by atoms with Crippen LogP contribution in [-0.2, 0) is 27.1 Å². The zero-order chi connectivity index (χ0) is 45.4. The predicted octanol–water partition coefficient (Wildman–Crippen LogP) is 15.4. The van der Waals surface area contributed by atoms with Crippen molar-refractivity contribution in [3.8, 4) is 0 Å². The maximum Gasteiger partial charge on any atom is 0.154 e. The first kappa shape index (κ1) is 52.0. The number of aromatic nitrogens is 1. The predicted molar refractivity (Wildman–Crippen MR) is 264 cm³/mol. The van der Waals surface area contributed by atoms with Crippen LogP contribution in [0.4, 0.5) is 0 Å². The molecule has 2 aliphatic carbocycles. The van der Waals surface area contributed by atoms with Gasteiger partial charge in [0.1, 0.15) is 0 Å². The zero-order valence-electron chi connectivity index (χ0n) is 42.0. The molecular formula is C57H87NO3. The van der Waals surface area contributed by atoms with Crippen molar-refractivity contribution in [3.05, 3.63) is 121 Å². The molecule has 4 nitrogen and oxygen atoms in total. The summed E-state index contributed by atoms with van der Waals surface area (Å²) < 4.78 is 15.7. The van der Waals surface area contributed by atoms with Gasteiger partial charge in [-0.15, -0.1) is 0 Å². The van der Waals surface area contributed by atoms with E-state index in [1.807, 2.05) is 33.0 Å². The van der Waals surface area contributed by atoms with Gasteiger partial charge >= 0.3 is 0 Å². The van der Waals surface area contributed by atoms with Crippen LogP contribution in [0, 0.1) is 92.9 Å². The van der Waals surface area contributed by atoms with E-state index in [9.17, 15) is 0 Å². The first-order valence-corrected chi connectivity index (χ1v) is 23.7. The highest BCUT2D eigenvalue weighted by Crippen LogP contribution is 2.31. The van der Waals surface area contributed by atoms with E-state index in [1.165, 1.54) is 107 Å². The minimum Gasteiger partial charge on any atom is -0.378 e. The van der Waals surface area contributed by atoms with Crippen molar-refractivity contribution in [2.24, 2.45) is 23.7 Å². The second kappa shape index (κ2) is 25.7. The minimum absolute atomic E-state index is 0.0196. The molecular weight excluding hydrogens is 747 g/mol. The minimum atomic E-state index is 0.0196. The van der Waals surface area contributed by atoms with Crippen molar-refractivity contribution >= 4 is 10.8 Å². The second-order valence-electron chi connectivity index (χ2n) is 19.6. The number of fused-ring (bicyclic) bond motifs is 2. The van der Waals surface area contributed by atoms with Gasteiger partial charge in [0.15, 0.2) is 6.29 Å². The number of nitrogens with zero attached hydrogens (tertiary/aromatic N) is 1. The molecule has 3 aromatic carbocycles. The number of pyridine rings is 1. The van der Waals surface area contributed by atoms with Crippen LogP contribution in [0.5, 0.6) is 0 Å². The lowest BCUT2D eigenvalue weighted by Gasteiger charge is -2.25. The Bertz CT molecular complexity index is 1900. The van der Waals surface area contributed by atoms with E-state index in [-0.39, 0.29) is 6.29 Å². The highest BCUT2D eigenvalue weighted by atomic mass is 16.7. The smallest absolute Gasteiger partial charge is 0.154 e. The summed E-state index contributed by atoms with van der Waals surface area (Å²) in [5.41, 5.74) is 18.7. The standard InChI is InChI=1S/C15H18.C14H20.C8H14.C7H9N.C7H14O.C6H12O2/c1-9-6-11(3)15-13(5)12(4)10(2)8-14(15)7-9;1-9-5-6-14-12(4)11(3)10(2)8-13(14)7-9;1-7-3-5-8(2)6-4-7;2*1-6-3-4-7(2)8-5-6;1-5-3-7-6(2)8-4-5/h6-8H,1-5H3;8-9H,5-7H2,1-4H3;3,8H,4-6H2,1-2H3;3-5H,1-2H3;6-7H,3-5H2,1-2H3;5-6H,3-4H2,1-2H3.